The number of aliphatic hydroxyl groups excluding tert-OH is 2. The summed E-state index contributed by atoms with van der Waals surface area (Å²) in [7, 11) is 0. The van der Waals surface area contributed by atoms with Crippen molar-refractivity contribution in [2.75, 3.05) is 6.61 Å². The van der Waals surface area contributed by atoms with Crippen molar-refractivity contribution in [2.24, 2.45) is 0 Å². The van der Waals surface area contributed by atoms with Gasteiger partial charge in [-0.3, -0.25) is 4.79 Å². The molecule has 2 atom stereocenters. The molecule has 0 radical (unpaired) electrons. The molecule has 1 amide bonds. The number of hydrogen-bond donors (Lipinski definition) is 3. The average Bonchev–Trinajstić information content (AvgIpc) is 3.29. The fourth-order valence-corrected chi connectivity index (χ4v) is 9.54. The van der Waals surface area contributed by atoms with E-state index in [1.807, 2.05) is 6.08 Å². The van der Waals surface area contributed by atoms with E-state index in [9.17, 15) is 15.0 Å². The lowest BCUT2D eigenvalue weighted by Crippen LogP contribution is -2.45. The highest BCUT2D eigenvalue weighted by Gasteiger charge is 2.18. The molecule has 0 saturated carbocycles. The first-order valence-electron chi connectivity index (χ1n) is 29.4. The first-order valence-corrected chi connectivity index (χ1v) is 29.4. The van der Waals surface area contributed by atoms with Crippen LogP contribution >= 0.6 is 0 Å². The van der Waals surface area contributed by atoms with Crippen molar-refractivity contribution >= 4 is 5.91 Å². The molecule has 4 nitrogen and oxygen atoms in total. The van der Waals surface area contributed by atoms with Gasteiger partial charge in [-0.25, -0.2) is 0 Å². The molecule has 0 aromatic heterocycles. The Morgan fingerprint density at radius 1 is 0.365 bits per heavy atom. The van der Waals surface area contributed by atoms with Crippen molar-refractivity contribution in [1.82, 2.24) is 5.32 Å². The summed E-state index contributed by atoms with van der Waals surface area (Å²) in [4.78, 5) is 12.4. The van der Waals surface area contributed by atoms with Gasteiger partial charge in [0.25, 0.3) is 0 Å². The maximum Gasteiger partial charge on any atom is 0.220 e. The van der Waals surface area contributed by atoms with E-state index in [0.29, 0.717) is 6.42 Å². The number of allylic oxidation sites excluding steroid dienone is 1. The Labute approximate surface area is 397 Å². The predicted octanol–water partition coefficient (Wildman–Crippen LogP) is 19.3. The van der Waals surface area contributed by atoms with Gasteiger partial charge in [-0.1, -0.05) is 328 Å². The van der Waals surface area contributed by atoms with Crippen LogP contribution in [0.5, 0.6) is 0 Å². The van der Waals surface area contributed by atoms with Gasteiger partial charge in [-0.15, -0.1) is 0 Å². The molecule has 0 bridgehead atoms. The second-order valence-electron chi connectivity index (χ2n) is 20.4. The largest absolute Gasteiger partial charge is 0.394 e. The smallest absolute Gasteiger partial charge is 0.220 e. The number of carbonyl (C=O) groups excluding carboxylic acids is 1. The molecule has 0 fully saturated rings. The standard InChI is InChI=1S/C59H117NO3/c1-3-5-7-9-11-13-15-17-18-19-20-21-22-23-24-25-26-27-28-29-30-31-32-33-34-35-36-37-38-39-40-41-42-43-45-47-49-51-53-55-59(63)60-57(56-61)58(62)54-52-50-48-46-44-16-14-12-10-8-6-4-2/h52,54,57-58,61-62H,3-51,53,55-56H2,1-2H3,(H,60,63)/b54-52+. The Balaban J connectivity index is 3.32. The molecule has 0 aliphatic heterocycles. The molecule has 0 aromatic carbocycles. The molecule has 376 valence electrons. The first kappa shape index (κ1) is 62.1. The summed E-state index contributed by atoms with van der Waals surface area (Å²) in [6.45, 7) is 4.33. The van der Waals surface area contributed by atoms with E-state index in [1.165, 1.54) is 295 Å². The second kappa shape index (κ2) is 55.5. The highest BCUT2D eigenvalue weighted by Crippen LogP contribution is 2.18. The lowest BCUT2D eigenvalue weighted by atomic mass is 10.0. The molecule has 0 saturated heterocycles. The van der Waals surface area contributed by atoms with Crippen LogP contribution in [0.25, 0.3) is 0 Å². The number of hydrogen-bond acceptors (Lipinski definition) is 3. The first-order chi connectivity index (χ1) is 31.2. The van der Waals surface area contributed by atoms with Crippen LogP contribution in [-0.4, -0.2) is 34.9 Å². The van der Waals surface area contributed by atoms with E-state index in [0.717, 1.165) is 25.7 Å². The lowest BCUT2D eigenvalue weighted by Gasteiger charge is -2.20. The molecule has 3 N–H and O–H groups in total. The average molecular weight is 889 g/mol. The van der Waals surface area contributed by atoms with Gasteiger partial charge in [0, 0.05) is 6.42 Å². The molecule has 63 heavy (non-hydrogen) atoms. The zero-order valence-electron chi connectivity index (χ0n) is 43.4. The topological polar surface area (TPSA) is 69.6 Å². The minimum Gasteiger partial charge on any atom is -0.394 e. The second-order valence-corrected chi connectivity index (χ2v) is 20.4. The third-order valence-electron chi connectivity index (χ3n) is 14.0. The van der Waals surface area contributed by atoms with Crippen molar-refractivity contribution in [2.45, 2.75) is 353 Å². The van der Waals surface area contributed by atoms with Crippen LogP contribution in [-0.2, 0) is 4.79 Å². The van der Waals surface area contributed by atoms with Gasteiger partial charge in [0.2, 0.25) is 5.91 Å². The van der Waals surface area contributed by atoms with Crippen molar-refractivity contribution in [3.8, 4) is 0 Å². The summed E-state index contributed by atoms with van der Waals surface area (Å²) in [5.74, 6) is -0.0576. The molecule has 0 heterocycles. The number of aliphatic hydroxyl groups is 2. The van der Waals surface area contributed by atoms with Crippen LogP contribution in [0.2, 0.25) is 0 Å². The van der Waals surface area contributed by atoms with E-state index in [2.05, 4.69) is 19.2 Å². The molecule has 0 aromatic rings. The fraction of sp³-hybridized carbons (Fsp3) is 0.949. The van der Waals surface area contributed by atoms with Crippen LogP contribution in [0.1, 0.15) is 341 Å². The summed E-state index contributed by atoms with van der Waals surface area (Å²) in [5, 5.41) is 23.0. The number of amides is 1. The Morgan fingerprint density at radius 2 is 0.587 bits per heavy atom. The van der Waals surface area contributed by atoms with Gasteiger partial charge < -0.3 is 15.5 Å². The van der Waals surface area contributed by atoms with E-state index in [1.54, 1.807) is 6.08 Å². The summed E-state index contributed by atoms with van der Waals surface area (Å²) in [6.07, 6.45) is 72.7. The van der Waals surface area contributed by atoms with Crippen molar-refractivity contribution in [3.63, 3.8) is 0 Å². The van der Waals surface area contributed by atoms with Crippen LogP contribution < -0.4 is 5.32 Å². The minimum atomic E-state index is -0.834. The molecule has 0 rings (SSSR count). The monoisotopic (exact) mass is 888 g/mol. The van der Waals surface area contributed by atoms with E-state index in [-0.39, 0.29) is 12.5 Å². The van der Waals surface area contributed by atoms with Gasteiger partial charge in [0.05, 0.1) is 18.8 Å². The quantitative estimate of drug-likeness (QED) is 0.0421. The maximum absolute atomic E-state index is 12.4. The fourth-order valence-electron chi connectivity index (χ4n) is 9.54. The third-order valence-corrected chi connectivity index (χ3v) is 14.0. The molecular formula is C59H117NO3. The zero-order valence-corrected chi connectivity index (χ0v) is 43.4. The normalized spacial score (nSPS) is 12.8. The molecule has 0 aliphatic carbocycles. The van der Waals surface area contributed by atoms with Crippen LogP contribution in [0, 0.1) is 0 Å². The van der Waals surface area contributed by atoms with Crippen molar-refractivity contribution in [3.05, 3.63) is 12.2 Å². The number of unbranched alkanes of at least 4 members (excludes halogenated alkanes) is 48. The van der Waals surface area contributed by atoms with Crippen LogP contribution in [0.15, 0.2) is 12.2 Å². The Hall–Kier alpha value is -0.870. The van der Waals surface area contributed by atoms with Gasteiger partial charge in [-0.05, 0) is 19.3 Å². The van der Waals surface area contributed by atoms with Gasteiger partial charge in [0.1, 0.15) is 0 Å². The molecule has 4 heteroatoms. The maximum atomic E-state index is 12.4. The predicted molar refractivity (Wildman–Crippen MR) is 281 cm³/mol. The number of nitrogens with one attached hydrogen (secondary N) is 1. The summed E-state index contributed by atoms with van der Waals surface area (Å²) in [5.41, 5.74) is 0. The third kappa shape index (κ3) is 52.0. The summed E-state index contributed by atoms with van der Waals surface area (Å²) >= 11 is 0. The van der Waals surface area contributed by atoms with Crippen LogP contribution in [0.4, 0.5) is 0 Å². The summed E-state index contributed by atoms with van der Waals surface area (Å²) in [6, 6.07) is -0.617. The van der Waals surface area contributed by atoms with E-state index in [4.69, 9.17) is 0 Å². The van der Waals surface area contributed by atoms with Gasteiger partial charge >= 0.3 is 0 Å². The number of rotatable bonds is 55. The SMILES string of the molecule is CCCCCCCCCCCC/C=C/C(O)C(CO)NC(=O)CCCCCCCCCCCCCCCCCCCCCCCCCCCCCCCCCCCCCCCCC. The van der Waals surface area contributed by atoms with E-state index < -0.39 is 12.1 Å². The van der Waals surface area contributed by atoms with Crippen molar-refractivity contribution in [1.29, 1.82) is 0 Å². The molecular weight excluding hydrogens is 771 g/mol. The highest BCUT2D eigenvalue weighted by molar-refractivity contribution is 5.76. The Bertz CT molecular complexity index is 875. The molecule has 2 unspecified atom stereocenters. The molecule has 0 aliphatic rings. The number of carbonyl (C=O) groups is 1. The zero-order chi connectivity index (χ0) is 45.6. The summed E-state index contributed by atoms with van der Waals surface area (Å²) < 4.78 is 0. The minimum absolute atomic E-state index is 0.0576. The van der Waals surface area contributed by atoms with Gasteiger partial charge in [-0.2, -0.15) is 0 Å². The van der Waals surface area contributed by atoms with Gasteiger partial charge in [0.15, 0.2) is 0 Å². The van der Waals surface area contributed by atoms with E-state index >= 15 is 0 Å². The lowest BCUT2D eigenvalue weighted by molar-refractivity contribution is -0.123. The molecule has 0 spiro atoms. The Morgan fingerprint density at radius 3 is 0.825 bits per heavy atom. The Kier molecular flexibility index (Phi) is 54.7. The highest BCUT2D eigenvalue weighted by atomic mass is 16.3. The van der Waals surface area contributed by atoms with Crippen molar-refractivity contribution < 1.29 is 15.0 Å². The van der Waals surface area contributed by atoms with Crippen LogP contribution in [0.3, 0.4) is 0 Å².